The van der Waals surface area contributed by atoms with Crippen LogP contribution >= 0.6 is 12.2 Å². The lowest BCUT2D eigenvalue weighted by molar-refractivity contribution is -0.136. The summed E-state index contributed by atoms with van der Waals surface area (Å²) in [5.74, 6) is 0. The average Bonchev–Trinajstić information content (AvgIpc) is 2.27. The maximum absolute atomic E-state index is 12.0. The van der Waals surface area contributed by atoms with E-state index in [1.807, 2.05) is 29.2 Å². The molecule has 1 aromatic carbocycles. The average molecular weight is 290 g/mol. The van der Waals surface area contributed by atoms with Crippen molar-refractivity contribution in [3.05, 3.63) is 35.4 Å². The highest BCUT2D eigenvalue weighted by atomic mass is 32.1. The van der Waals surface area contributed by atoms with Gasteiger partial charge in [0, 0.05) is 18.5 Å². The lowest BCUT2D eigenvalue weighted by Crippen LogP contribution is -2.21. The fourth-order valence-corrected chi connectivity index (χ4v) is 1.89. The molecule has 0 heterocycles. The van der Waals surface area contributed by atoms with Gasteiger partial charge in [-0.25, -0.2) is 0 Å². The van der Waals surface area contributed by atoms with E-state index in [4.69, 9.17) is 18.0 Å². The molecule has 0 amide bonds. The molecule has 0 aliphatic rings. The van der Waals surface area contributed by atoms with E-state index in [1.165, 1.54) is 0 Å². The van der Waals surface area contributed by atoms with Gasteiger partial charge in [-0.15, -0.1) is 0 Å². The number of alkyl halides is 3. The Morgan fingerprint density at radius 1 is 1.37 bits per heavy atom. The first-order valence-electron chi connectivity index (χ1n) is 5.92. The summed E-state index contributed by atoms with van der Waals surface area (Å²) in [7, 11) is 1.80. The first-order valence-corrected chi connectivity index (χ1v) is 6.33. The highest BCUT2D eigenvalue weighted by molar-refractivity contribution is 7.80. The van der Waals surface area contributed by atoms with Crippen LogP contribution in [0.4, 0.5) is 13.2 Å². The van der Waals surface area contributed by atoms with Crippen molar-refractivity contribution in [1.29, 1.82) is 0 Å². The van der Waals surface area contributed by atoms with Crippen molar-refractivity contribution >= 4 is 17.2 Å². The lowest BCUT2D eigenvalue weighted by atomic mass is 10.1. The standard InChI is InChI=1S/C13H17F3N2S/c1-18(7-3-6-13(14,15)16)9-10-4-2-5-11(8-10)12(17)19/h2,4-5,8H,3,6-7,9H2,1H3,(H2,17,19). The van der Waals surface area contributed by atoms with Crippen molar-refractivity contribution < 1.29 is 13.2 Å². The molecule has 0 radical (unpaired) electrons. The Balaban J connectivity index is 2.46. The second-order valence-electron chi connectivity index (χ2n) is 4.52. The van der Waals surface area contributed by atoms with Crippen LogP contribution in [0.3, 0.4) is 0 Å². The van der Waals surface area contributed by atoms with Gasteiger partial charge in [-0.05, 0) is 31.6 Å². The number of thiocarbonyl (C=S) groups is 1. The quantitative estimate of drug-likeness (QED) is 0.816. The minimum Gasteiger partial charge on any atom is -0.389 e. The van der Waals surface area contributed by atoms with Gasteiger partial charge in [0.2, 0.25) is 0 Å². The SMILES string of the molecule is CN(CCCC(F)(F)F)Cc1cccc(C(N)=S)c1. The molecule has 19 heavy (non-hydrogen) atoms. The monoisotopic (exact) mass is 290 g/mol. The maximum atomic E-state index is 12.0. The second-order valence-corrected chi connectivity index (χ2v) is 4.96. The molecule has 0 aromatic heterocycles. The summed E-state index contributed by atoms with van der Waals surface area (Å²) >= 11 is 4.89. The van der Waals surface area contributed by atoms with E-state index in [9.17, 15) is 13.2 Å². The molecule has 0 unspecified atom stereocenters. The summed E-state index contributed by atoms with van der Waals surface area (Å²) in [5, 5.41) is 0. The molecule has 0 aliphatic carbocycles. The predicted molar refractivity (Wildman–Crippen MR) is 74.0 cm³/mol. The zero-order valence-corrected chi connectivity index (χ0v) is 11.5. The molecule has 6 heteroatoms. The van der Waals surface area contributed by atoms with Gasteiger partial charge in [0.1, 0.15) is 4.99 Å². The topological polar surface area (TPSA) is 29.3 Å². The van der Waals surface area contributed by atoms with E-state index < -0.39 is 12.6 Å². The van der Waals surface area contributed by atoms with Gasteiger partial charge in [-0.2, -0.15) is 13.2 Å². The van der Waals surface area contributed by atoms with Gasteiger partial charge in [-0.3, -0.25) is 0 Å². The van der Waals surface area contributed by atoms with Crippen LogP contribution in [0.25, 0.3) is 0 Å². The van der Waals surface area contributed by atoms with Crippen molar-refractivity contribution in [2.24, 2.45) is 5.73 Å². The van der Waals surface area contributed by atoms with Crippen LogP contribution in [0.15, 0.2) is 24.3 Å². The number of benzene rings is 1. The third kappa shape index (κ3) is 6.54. The molecule has 106 valence electrons. The molecule has 0 bridgehead atoms. The Morgan fingerprint density at radius 2 is 2.05 bits per heavy atom. The molecule has 2 nitrogen and oxygen atoms in total. The summed E-state index contributed by atoms with van der Waals surface area (Å²) in [6, 6.07) is 7.42. The lowest BCUT2D eigenvalue weighted by Gasteiger charge is -2.17. The normalized spacial score (nSPS) is 11.8. The van der Waals surface area contributed by atoms with Crippen molar-refractivity contribution in [2.45, 2.75) is 25.6 Å². The highest BCUT2D eigenvalue weighted by Crippen LogP contribution is 2.21. The first kappa shape index (κ1) is 15.9. The summed E-state index contributed by atoms with van der Waals surface area (Å²) < 4.78 is 36.1. The van der Waals surface area contributed by atoms with Crippen LogP contribution in [0.5, 0.6) is 0 Å². The highest BCUT2D eigenvalue weighted by Gasteiger charge is 2.26. The molecule has 0 aliphatic heterocycles. The minimum absolute atomic E-state index is 0.106. The van der Waals surface area contributed by atoms with Crippen LogP contribution in [0.1, 0.15) is 24.0 Å². The van der Waals surface area contributed by atoms with Gasteiger partial charge >= 0.3 is 6.18 Å². The van der Waals surface area contributed by atoms with Crippen LogP contribution in [-0.2, 0) is 6.54 Å². The van der Waals surface area contributed by atoms with Crippen molar-refractivity contribution in [2.75, 3.05) is 13.6 Å². The van der Waals surface area contributed by atoms with E-state index in [1.54, 1.807) is 7.05 Å². The Bertz CT molecular complexity index is 432. The molecule has 0 fully saturated rings. The van der Waals surface area contributed by atoms with Gasteiger partial charge < -0.3 is 10.6 Å². The molecular formula is C13H17F3N2S. The van der Waals surface area contributed by atoms with Crippen LogP contribution in [0.2, 0.25) is 0 Å². The van der Waals surface area contributed by atoms with Gasteiger partial charge in [0.15, 0.2) is 0 Å². The summed E-state index contributed by atoms with van der Waals surface area (Å²) in [6.07, 6.45) is -4.72. The minimum atomic E-state index is -4.08. The number of hydrogen-bond acceptors (Lipinski definition) is 2. The summed E-state index contributed by atoms with van der Waals surface area (Å²) in [4.78, 5) is 2.17. The first-order chi connectivity index (χ1) is 8.78. The molecular weight excluding hydrogens is 273 g/mol. The number of halogens is 3. The summed E-state index contributed by atoms with van der Waals surface area (Å²) in [6.45, 7) is 0.977. The molecule has 0 saturated carbocycles. The van der Waals surface area contributed by atoms with Crippen LogP contribution < -0.4 is 5.73 Å². The molecule has 1 aromatic rings. The van der Waals surface area contributed by atoms with E-state index >= 15 is 0 Å². The van der Waals surface area contributed by atoms with Crippen molar-refractivity contribution in [3.8, 4) is 0 Å². The smallest absolute Gasteiger partial charge is 0.389 e. The number of hydrogen-bond donors (Lipinski definition) is 1. The number of nitrogens with two attached hydrogens (primary N) is 1. The molecule has 0 atom stereocenters. The van der Waals surface area contributed by atoms with Crippen LogP contribution in [-0.4, -0.2) is 29.7 Å². The molecule has 2 N–H and O–H groups in total. The molecule has 1 rings (SSSR count). The number of rotatable bonds is 6. The number of nitrogens with zero attached hydrogens (tertiary/aromatic N) is 1. The van der Waals surface area contributed by atoms with Gasteiger partial charge in [0.25, 0.3) is 0 Å². The van der Waals surface area contributed by atoms with Gasteiger partial charge in [-0.1, -0.05) is 30.4 Å². The van der Waals surface area contributed by atoms with E-state index in [0.717, 1.165) is 11.1 Å². The fraction of sp³-hybridized carbons (Fsp3) is 0.462. The largest absolute Gasteiger partial charge is 0.389 e. The van der Waals surface area contributed by atoms with E-state index in [-0.39, 0.29) is 6.42 Å². The van der Waals surface area contributed by atoms with E-state index in [2.05, 4.69) is 0 Å². The van der Waals surface area contributed by atoms with Crippen molar-refractivity contribution in [3.63, 3.8) is 0 Å². The van der Waals surface area contributed by atoms with Crippen molar-refractivity contribution in [1.82, 2.24) is 4.90 Å². The maximum Gasteiger partial charge on any atom is 0.389 e. The Hall–Kier alpha value is -1.14. The second kappa shape index (κ2) is 6.86. The molecule has 0 spiro atoms. The Labute approximate surface area is 116 Å². The Kier molecular flexibility index (Phi) is 5.75. The van der Waals surface area contributed by atoms with Crippen LogP contribution in [0, 0.1) is 0 Å². The summed E-state index contributed by atoms with van der Waals surface area (Å²) in [5.41, 5.74) is 7.29. The zero-order valence-electron chi connectivity index (χ0n) is 10.7. The zero-order chi connectivity index (χ0) is 14.5. The predicted octanol–water partition coefficient (Wildman–Crippen LogP) is 3.10. The van der Waals surface area contributed by atoms with E-state index in [0.29, 0.717) is 18.1 Å². The molecule has 0 saturated heterocycles. The third-order valence-electron chi connectivity index (χ3n) is 2.66. The third-order valence-corrected chi connectivity index (χ3v) is 2.90. The Morgan fingerprint density at radius 3 is 2.63 bits per heavy atom. The van der Waals surface area contributed by atoms with Gasteiger partial charge in [0.05, 0.1) is 0 Å². The fourth-order valence-electron chi connectivity index (χ4n) is 1.76.